The zero-order valence-corrected chi connectivity index (χ0v) is 23.3. The predicted octanol–water partition coefficient (Wildman–Crippen LogP) is 2.76. The van der Waals surface area contributed by atoms with Gasteiger partial charge in [-0.05, 0) is 77.8 Å². The maximum Gasteiger partial charge on any atom is 0.415 e. The van der Waals surface area contributed by atoms with Gasteiger partial charge in [-0.25, -0.2) is 19.5 Å². The Balaban J connectivity index is 1.13. The summed E-state index contributed by atoms with van der Waals surface area (Å²) in [7, 11) is 0. The number of thioether (sulfide) groups is 1. The van der Waals surface area contributed by atoms with Crippen molar-refractivity contribution in [3.05, 3.63) is 48.2 Å². The van der Waals surface area contributed by atoms with E-state index >= 15 is 0 Å². The van der Waals surface area contributed by atoms with Crippen LogP contribution in [0.25, 0.3) is 5.69 Å². The molecule has 5 rings (SSSR count). The summed E-state index contributed by atoms with van der Waals surface area (Å²) in [4.78, 5) is 43.8. The van der Waals surface area contributed by atoms with Crippen LogP contribution in [0.5, 0.6) is 5.75 Å². The van der Waals surface area contributed by atoms with Gasteiger partial charge in [0, 0.05) is 18.3 Å². The van der Waals surface area contributed by atoms with Crippen molar-refractivity contribution in [2.75, 3.05) is 18.0 Å². The summed E-state index contributed by atoms with van der Waals surface area (Å²) in [5, 5.41) is 25.1. The summed E-state index contributed by atoms with van der Waals surface area (Å²) in [6, 6.07) is 9.10. The standard InChI is InChI=1S/C25H26N8O5S2/c1-14(2)20-21(34)32(23(39)27-20)19-8-7-17(13-26-19)38-25(37)31-11-9-18(10-12-31)40-24-28-29-30-33(24)16-5-3-15(4-6-16)22(35)36/h3-8,13-14,18,20H,9-12H2,1-2H3,(H,27,39)(H,35,36). The van der Waals surface area contributed by atoms with Crippen molar-refractivity contribution in [1.82, 2.24) is 35.4 Å². The van der Waals surface area contributed by atoms with Crippen molar-refractivity contribution in [3.8, 4) is 11.4 Å². The highest BCUT2D eigenvalue weighted by atomic mass is 32.2. The molecule has 0 saturated carbocycles. The summed E-state index contributed by atoms with van der Waals surface area (Å²) < 4.78 is 7.08. The van der Waals surface area contributed by atoms with Gasteiger partial charge in [-0.15, -0.1) is 5.10 Å². The Morgan fingerprint density at radius 1 is 1.15 bits per heavy atom. The van der Waals surface area contributed by atoms with Gasteiger partial charge in [-0.1, -0.05) is 25.6 Å². The minimum absolute atomic E-state index is 0.0751. The Bertz CT molecular complexity index is 1420. The number of carbonyl (C=O) groups is 3. The number of piperidine rings is 1. The topological polar surface area (TPSA) is 156 Å². The molecule has 2 N–H and O–H groups in total. The molecule has 0 radical (unpaired) electrons. The average Bonchev–Trinajstić information content (AvgIpc) is 3.53. The molecule has 2 saturated heterocycles. The summed E-state index contributed by atoms with van der Waals surface area (Å²) in [5.41, 5.74) is 0.838. The van der Waals surface area contributed by atoms with Crippen molar-refractivity contribution in [2.45, 2.75) is 43.1 Å². The Morgan fingerprint density at radius 2 is 1.88 bits per heavy atom. The zero-order valence-electron chi connectivity index (χ0n) is 21.6. The van der Waals surface area contributed by atoms with Crippen LogP contribution in [0, 0.1) is 5.92 Å². The van der Waals surface area contributed by atoms with Crippen LogP contribution < -0.4 is 15.0 Å². The molecule has 15 heteroatoms. The minimum Gasteiger partial charge on any atom is -0.478 e. The van der Waals surface area contributed by atoms with Crippen molar-refractivity contribution in [3.63, 3.8) is 0 Å². The van der Waals surface area contributed by atoms with Crippen LogP contribution in [0.2, 0.25) is 0 Å². The van der Waals surface area contributed by atoms with E-state index < -0.39 is 18.1 Å². The van der Waals surface area contributed by atoms with E-state index in [0.717, 1.165) is 0 Å². The lowest BCUT2D eigenvalue weighted by molar-refractivity contribution is -0.119. The van der Waals surface area contributed by atoms with Crippen LogP contribution in [-0.4, -0.2) is 82.7 Å². The number of aromatic nitrogens is 5. The second kappa shape index (κ2) is 11.6. The Morgan fingerprint density at radius 3 is 2.48 bits per heavy atom. The number of carbonyl (C=O) groups excluding carboxylic acids is 2. The molecule has 2 aromatic heterocycles. The molecular formula is C25H26N8O5S2. The zero-order chi connectivity index (χ0) is 28.4. The SMILES string of the molecule is CC(C)C1NC(=S)N(c2ccc(OC(=O)N3CCC(Sc4nnnn4-c4ccc(C(=O)O)cc4)CC3)cn2)C1=O. The second-order valence-corrected chi connectivity index (χ2v) is 11.2. The number of nitrogens with one attached hydrogen (secondary N) is 1. The highest BCUT2D eigenvalue weighted by molar-refractivity contribution is 7.99. The van der Waals surface area contributed by atoms with Crippen LogP contribution >= 0.6 is 24.0 Å². The first-order valence-electron chi connectivity index (χ1n) is 12.6. The van der Waals surface area contributed by atoms with Crippen molar-refractivity contribution >= 4 is 52.9 Å². The fourth-order valence-corrected chi connectivity index (χ4v) is 5.74. The molecule has 2 aliphatic heterocycles. The lowest BCUT2D eigenvalue weighted by Gasteiger charge is -2.30. The van der Waals surface area contributed by atoms with E-state index in [4.69, 9.17) is 22.1 Å². The number of benzene rings is 1. The molecule has 2 aliphatic rings. The smallest absolute Gasteiger partial charge is 0.415 e. The molecular weight excluding hydrogens is 556 g/mol. The van der Waals surface area contributed by atoms with Gasteiger partial charge in [0.25, 0.3) is 5.91 Å². The van der Waals surface area contributed by atoms with Crippen LogP contribution in [0.15, 0.2) is 47.8 Å². The molecule has 1 unspecified atom stereocenters. The average molecular weight is 583 g/mol. The summed E-state index contributed by atoms with van der Waals surface area (Å²) in [6.45, 7) is 4.87. The molecule has 1 aromatic carbocycles. The van der Waals surface area contributed by atoms with E-state index in [2.05, 4.69) is 25.8 Å². The largest absolute Gasteiger partial charge is 0.478 e. The van der Waals surface area contributed by atoms with Gasteiger partial charge in [0.05, 0.1) is 17.4 Å². The number of hydrogen-bond donors (Lipinski definition) is 2. The first-order chi connectivity index (χ1) is 19.2. The number of amides is 2. The number of tetrazole rings is 1. The Labute approximate surface area is 238 Å². The first kappa shape index (κ1) is 27.5. The lowest BCUT2D eigenvalue weighted by atomic mass is 10.1. The molecule has 13 nitrogen and oxygen atoms in total. The third-order valence-corrected chi connectivity index (χ3v) is 8.13. The van der Waals surface area contributed by atoms with Gasteiger partial charge in [-0.3, -0.25) is 4.79 Å². The summed E-state index contributed by atoms with van der Waals surface area (Å²) in [5.74, 6) is -0.459. The number of likely N-dealkylation sites (tertiary alicyclic amines) is 1. The van der Waals surface area contributed by atoms with Gasteiger partial charge >= 0.3 is 12.1 Å². The van der Waals surface area contributed by atoms with E-state index in [1.54, 1.807) is 33.8 Å². The van der Waals surface area contributed by atoms with Crippen molar-refractivity contribution in [1.29, 1.82) is 0 Å². The maximum atomic E-state index is 12.8. The summed E-state index contributed by atoms with van der Waals surface area (Å²) in [6.07, 6.45) is 2.34. The van der Waals surface area contributed by atoms with E-state index in [1.165, 1.54) is 35.0 Å². The first-order valence-corrected chi connectivity index (χ1v) is 13.9. The molecule has 1 atom stereocenters. The molecule has 2 fully saturated rings. The van der Waals surface area contributed by atoms with Crippen LogP contribution in [-0.2, 0) is 4.79 Å². The number of ether oxygens (including phenoxy) is 1. The molecule has 2 amide bonds. The maximum absolute atomic E-state index is 12.8. The molecule has 208 valence electrons. The van der Waals surface area contributed by atoms with Crippen molar-refractivity contribution in [2.24, 2.45) is 5.92 Å². The summed E-state index contributed by atoms with van der Waals surface area (Å²) >= 11 is 6.81. The van der Waals surface area contributed by atoms with Gasteiger partial charge in [0.2, 0.25) is 5.16 Å². The molecule has 4 heterocycles. The van der Waals surface area contributed by atoms with E-state index in [0.29, 0.717) is 47.7 Å². The molecule has 0 aliphatic carbocycles. The van der Waals surface area contributed by atoms with Gasteiger partial charge in [0.1, 0.15) is 11.9 Å². The van der Waals surface area contributed by atoms with Crippen LogP contribution in [0.1, 0.15) is 37.0 Å². The number of anilines is 1. The number of carboxylic acid groups (broad SMARTS) is 1. The molecule has 3 aromatic rings. The van der Waals surface area contributed by atoms with Crippen LogP contribution in [0.3, 0.4) is 0 Å². The van der Waals surface area contributed by atoms with E-state index in [9.17, 15) is 14.4 Å². The highest BCUT2D eigenvalue weighted by Crippen LogP contribution is 2.30. The predicted molar refractivity (Wildman–Crippen MR) is 149 cm³/mol. The highest BCUT2D eigenvalue weighted by Gasteiger charge is 2.38. The quantitative estimate of drug-likeness (QED) is 0.393. The normalized spacial score (nSPS) is 17.8. The number of nitrogens with zero attached hydrogens (tertiary/aromatic N) is 7. The number of pyridine rings is 1. The Kier molecular flexibility index (Phi) is 7.93. The molecule has 0 bridgehead atoms. The van der Waals surface area contributed by atoms with Crippen LogP contribution in [0.4, 0.5) is 10.6 Å². The number of thiocarbonyl (C=S) groups is 1. The number of hydrogen-bond acceptors (Lipinski definition) is 10. The van der Waals surface area contributed by atoms with Gasteiger partial charge in [0.15, 0.2) is 10.9 Å². The fourth-order valence-electron chi connectivity index (χ4n) is 4.36. The lowest BCUT2D eigenvalue weighted by Crippen LogP contribution is -2.41. The monoisotopic (exact) mass is 582 g/mol. The third-order valence-electron chi connectivity index (χ3n) is 6.56. The van der Waals surface area contributed by atoms with Crippen molar-refractivity contribution < 1.29 is 24.2 Å². The van der Waals surface area contributed by atoms with Gasteiger partial charge < -0.3 is 20.1 Å². The molecule has 40 heavy (non-hydrogen) atoms. The number of carboxylic acids is 1. The minimum atomic E-state index is -1.00. The van der Waals surface area contributed by atoms with E-state index in [1.807, 2.05) is 13.8 Å². The number of rotatable bonds is 7. The number of aromatic carboxylic acids is 1. The van der Waals surface area contributed by atoms with E-state index in [-0.39, 0.29) is 28.4 Å². The third kappa shape index (κ3) is 5.74. The second-order valence-electron chi connectivity index (χ2n) is 9.59. The Hall–Kier alpha value is -4.11. The molecule has 0 spiro atoms. The van der Waals surface area contributed by atoms with Gasteiger partial charge in [-0.2, -0.15) is 4.68 Å². The fraction of sp³-hybridized carbons (Fsp3) is 0.360.